The number of para-hydroxylation sites is 1. The van der Waals surface area contributed by atoms with Gasteiger partial charge in [0, 0.05) is 6.07 Å². The summed E-state index contributed by atoms with van der Waals surface area (Å²) in [5.74, 6) is -0.425. The fourth-order valence-corrected chi connectivity index (χ4v) is 3.48. The van der Waals surface area contributed by atoms with Gasteiger partial charge in [-0.05, 0) is 24.3 Å². The lowest BCUT2D eigenvalue weighted by atomic mass is 10.3. The van der Waals surface area contributed by atoms with Gasteiger partial charge in [-0.15, -0.1) is 0 Å². The van der Waals surface area contributed by atoms with E-state index in [4.69, 9.17) is 10.3 Å². The lowest BCUT2D eigenvalue weighted by Gasteiger charge is -2.11. The summed E-state index contributed by atoms with van der Waals surface area (Å²) in [6.07, 6.45) is 0. The Labute approximate surface area is 127 Å². The molecule has 2 aromatic carbocycles. The molecule has 0 saturated carbocycles. The Morgan fingerprint density at radius 2 is 1.64 bits per heavy atom. The first-order valence-corrected chi connectivity index (χ1v) is 8.71. The molecule has 0 fully saturated rings. The molecule has 0 atom stereocenters. The van der Waals surface area contributed by atoms with E-state index >= 15 is 0 Å². The predicted molar refractivity (Wildman–Crippen MR) is 79.6 cm³/mol. The zero-order valence-corrected chi connectivity index (χ0v) is 12.6. The Bertz CT molecular complexity index is 922. The third-order valence-electron chi connectivity index (χ3n) is 2.72. The molecular formula is C12H12N2O6S2. The Balaban J connectivity index is 2.48. The van der Waals surface area contributed by atoms with Crippen LogP contribution in [0.5, 0.6) is 5.75 Å². The lowest BCUT2D eigenvalue weighted by molar-refractivity contribution is 0.475. The zero-order chi connectivity index (χ0) is 16.5. The second-order valence-electron chi connectivity index (χ2n) is 4.30. The van der Waals surface area contributed by atoms with E-state index in [1.165, 1.54) is 24.3 Å². The van der Waals surface area contributed by atoms with Gasteiger partial charge in [0.1, 0.15) is 10.6 Å². The van der Waals surface area contributed by atoms with Crippen LogP contribution in [-0.2, 0) is 20.1 Å². The highest BCUT2D eigenvalue weighted by Gasteiger charge is 2.21. The highest BCUT2D eigenvalue weighted by atomic mass is 32.2. The standard InChI is InChI=1S/C12H12N2O6S2/c13-9-6-5-8(7-11(9)15)21(16,17)14-10-3-1-2-4-12(10)22(18,19)20/h1-7,14-15H,13H2,(H,18,19,20). The van der Waals surface area contributed by atoms with Gasteiger partial charge in [-0.2, -0.15) is 8.42 Å². The first-order chi connectivity index (χ1) is 10.1. The summed E-state index contributed by atoms with van der Waals surface area (Å²) in [5.41, 5.74) is 5.07. The summed E-state index contributed by atoms with van der Waals surface area (Å²) in [5, 5.41) is 9.46. The molecule has 0 aliphatic carbocycles. The van der Waals surface area contributed by atoms with Gasteiger partial charge in [0.25, 0.3) is 20.1 Å². The molecule has 2 rings (SSSR count). The van der Waals surface area contributed by atoms with Crippen molar-refractivity contribution in [2.24, 2.45) is 0 Å². The molecule has 10 heteroatoms. The molecule has 8 nitrogen and oxygen atoms in total. The van der Waals surface area contributed by atoms with Crippen molar-refractivity contribution < 1.29 is 26.5 Å². The van der Waals surface area contributed by atoms with Gasteiger partial charge in [0.05, 0.1) is 16.3 Å². The third kappa shape index (κ3) is 3.30. The van der Waals surface area contributed by atoms with Gasteiger partial charge in [-0.1, -0.05) is 12.1 Å². The van der Waals surface area contributed by atoms with Crippen LogP contribution in [0.25, 0.3) is 0 Å². The molecule has 0 unspecified atom stereocenters. The quantitative estimate of drug-likeness (QED) is 0.368. The number of benzene rings is 2. The number of nitrogens with one attached hydrogen (secondary N) is 1. The highest BCUT2D eigenvalue weighted by Crippen LogP contribution is 2.27. The summed E-state index contributed by atoms with van der Waals surface area (Å²) in [6, 6.07) is 8.22. The van der Waals surface area contributed by atoms with Crippen molar-refractivity contribution >= 4 is 31.5 Å². The van der Waals surface area contributed by atoms with Crippen molar-refractivity contribution in [2.75, 3.05) is 10.5 Å². The number of nitrogen functional groups attached to an aromatic ring is 1. The molecule has 0 spiro atoms. The minimum Gasteiger partial charge on any atom is -0.506 e. The van der Waals surface area contributed by atoms with Crippen LogP contribution < -0.4 is 10.5 Å². The van der Waals surface area contributed by atoms with Crippen molar-refractivity contribution in [1.29, 1.82) is 0 Å². The van der Waals surface area contributed by atoms with Crippen LogP contribution in [0.4, 0.5) is 11.4 Å². The van der Waals surface area contributed by atoms with E-state index in [0.29, 0.717) is 0 Å². The van der Waals surface area contributed by atoms with Gasteiger partial charge < -0.3 is 10.8 Å². The average molecular weight is 344 g/mol. The van der Waals surface area contributed by atoms with Crippen LogP contribution in [0.15, 0.2) is 52.3 Å². The van der Waals surface area contributed by atoms with E-state index in [9.17, 15) is 21.9 Å². The zero-order valence-electron chi connectivity index (χ0n) is 11.0. The smallest absolute Gasteiger partial charge is 0.296 e. The summed E-state index contributed by atoms with van der Waals surface area (Å²) in [6.45, 7) is 0. The molecule has 22 heavy (non-hydrogen) atoms. The molecule has 5 N–H and O–H groups in total. The van der Waals surface area contributed by atoms with Gasteiger partial charge in [-0.25, -0.2) is 8.42 Å². The molecule has 0 aromatic heterocycles. The summed E-state index contributed by atoms with van der Waals surface area (Å²) >= 11 is 0. The van der Waals surface area contributed by atoms with Gasteiger partial charge in [0.15, 0.2) is 0 Å². The Morgan fingerprint density at radius 1 is 1.00 bits per heavy atom. The number of aromatic hydroxyl groups is 1. The molecule has 0 radical (unpaired) electrons. The van der Waals surface area contributed by atoms with E-state index in [1.807, 2.05) is 4.72 Å². The van der Waals surface area contributed by atoms with Gasteiger partial charge >= 0.3 is 0 Å². The van der Waals surface area contributed by atoms with Crippen LogP contribution in [-0.4, -0.2) is 26.5 Å². The van der Waals surface area contributed by atoms with E-state index in [2.05, 4.69) is 0 Å². The van der Waals surface area contributed by atoms with E-state index in [0.717, 1.165) is 18.2 Å². The summed E-state index contributed by atoms with van der Waals surface area (Å²) in [7, 11) is -8.78. The first kappa shape index (κ1) is 16.1. The van der Waals surface area contributed by atoms with Crippen molar-refractivity contribution in [3.8, 4) is 5.75 Å². The SMILES string of the molecule is Nc1ccc(S(=O)(=O)Nc2ccccc2S(=O)(=O)O)cc1O. The normalized spacial score (nSPS) is 12.0. The van der Waals surface area contributed by atoms with E-state index < -0.39 is 30.8 Å². The molecule has 0 aliphatic rings. The average Bonchev–Trinajstić information content (AvgIpc) is 2.40. The van der Waals surface area contributed by atoms with Crippen LogP contribution in [0, 0.1) is 0 Å². The predicted octanol–water partition coefficient (Wildman–Crippen LogP) is 1.02. The summed E-state index contributed by atoms with van der Waals surface area (Å²) < 4.78 is 58.0. The van der Waals surface area contributed by atoms with Crippen LogP contribution in [0.3, 0.4) is 0 Å². The Hall–Kier alpha value is -2.30. The lowest BCUT2D eigenvalue weighted by Crippen LogP contribution is -2.15. The number of hydrogen-bond acceptors (Lipinski definition) is 6. The van der Waals surface area contributed by atoms with Crippen LogP contribution in [0.2, 0.25) is 0 Å². The van der Waals surface area contributed by atoms with Gasteiger partial charge in [-0.3, -0.25) is 9.27 Å². The topological polar surface area (TPSA) is 147 Å². The highest BCUT2D eigenvalue weighted by molar-refractivity contribution is 7.93. The number of nitrogens with two attached hydrogens (primary N) is 1. The molecule has 0 aliphatic heterocycles. The van der Waals surface area contributed by atoms with Gasteiger partial charge in [0.2, 0.25) is 0 Å². The van der Waals surface area contributed by atoms with Crippen LogP contribution >= 0.6 is 0 Å². The van der Waals surface area contributed by atoms with Crippen molar-refractivity contribution in [2.45, 2.75) is 9.79 Å². The molecule has 0 saturated heterocycles. The number of sulfonamides is 1. The van der Waals surface area contributed by atoms with Crippen molar-refractivity contribution in [3.05, 3.63) is 42.5 Å². The fourth-order valence-electron chi connectivity index (χ4n) is 1.67. The van der Waals surface area contributed by atoms with E-state index in [1.54, 1.807) is 0 Å². The number of rotatable bonds is 4. The maximum absolute atomic E-state index is 12.2. The molecule has 0 bridgehead atoms. The van der Waals surface area contributed by atoms with E-state index in [-0.39, 0.29) is 16.3 Å². The summed E-state index contributed by atoms with van der Waals surface area (Å²) in [4.78, 5) is -0.900. The molecule has 118 valence electrons. The minimum absolute atomic E-state index is 0.00251. The third-order valence-corrected chi connectivity index (χ3v) is 5.00. The van der Waals surface area contributed by atoms with Crippen molar-refractivity contribution in [3.63, 3.8) is 0 Å². The molecular weight excluding hydrogens is 332 g/mol. The maximum Gasteiger partial charge on any atom is 0.296 e. The Kier molecular flexibility index (Phi) is 4.00. The number of phenols is 1. The van der Waals surface area contributed by atoms with Crippen LogP contribution in [0.1, 0.15) is 0 Å². The maximum atomic E-state index is 12.2. The number of phenolic OH excluding ortho intramolecular Hbond substituents is 1. The first-order valence-electron chi connectivity index (χ1n) is 5.79. The Morgan fingerprint density at radius 3 is 2.23 bits per heavy atom. The second kappa shape index (κ2) is 5.48. The monoisotopic (exact) mass is 344 g/mol. The molecule has 0 heterocycles. The number of anilines is 2. The molecule has 0 amide bonds. The number of hydrogen-bond donors (Lipinski definition) is 4. The fraction of sp³-hybridized carbons (Fsp3) is 0. The second-order valence-corrected chi connectivity index (χ2v) is 7.37. The van der Waals surface area contributed by atoms with Crippen molar-refractivity contribution in [1.82, 2.24) is 0 Å². The molecule has 2 aromatic rings. The minimum atomic E-state index is -4.60. The largest absolute Gasteiger partial charge is 0.506 e.